The number of morpholine rings is 1. The number of ether oxygens (including phenoxy) is 1. The van der Waals surface area contributed by atoms with Crippen molar-refractivity contribution in [1.29, 1.82) is 0 Å². The molecule has 1 aliphatic rings. The van der Waals surface area contributed by atoms with Crippen molar-refractivity contribution < 1.29 is 24.0 Å². The quantitative estimate of drug-likeness (QED) is 0.548. The summed E-state index contributed by atoms with van der Waals surface area (Å²) in [5.74, 6) is 0. The average Bonchev–Trinajstić information content (AvgIpc) is 2.59. The minimum atomic E-state index is -4.64. The molecule has 1 aliphatic heterocycles. The highest BCUT2D eigenvalue weighted by atomic mass is 35.5. The summed E-state index contributed by atoms with van der Waals surface area (Å²) >= 11 is 6.04. The van der Waals surface area contributed by atoms with Crippen molar-refractivity contribution in [3.8, 4) is 0 Å². The van der Waals surface area contributed by atoms with Crippen LogP contribution in [0, 0.1) is 0 Å². The summed E-state index contributed by atoms with van der Waals surface area (Å²) in [7, 11) is -4.64. The molecule has 1 atom stereocenters. The first-order valence-electron chi connectivity index (χ1n) is 8.61. The van der Waals surface area contributed by atoms with Crippen LogP contribution in [0.2, 0.25) is 5.02 Å². The molecule has 0 aliphatic carbocycles. The Balaban J connectivity index is 0.000000465. The Morgan fingerprint density at radius 3 is 2.63 bits per heavy atom. The molecule has 150 valence electrons. The highest BCUT2D eigenvalue weighted by Crippen LogP contribution is 2.26. The summed E-state index contributed by atoms with van der Waals surface area (Å²) in [4.78, 5) is 28.4. The number of pyridine rings is 1. The van der Waals surface area contributed by atoms with Crippen LogP contribution >= 0.6 is 19.4 Å². The molecule has 1 fully saturated rings. The zero-order valence-electron chi connectivity index (χ0n) is 15.1. The Bertz CT molecular complexity index is 774. The van der Waals surface area contributed by atoms with E-state index in [9.17, 15) is 0 Å². The fourth-order valence-corrected chi connectivity index (χ4v) is 2.95. The van der Waals surface area contributed by atoms with Gasteiger partial charge in [0.2, 0.25) is 0 Å². The first kappa shape index (κ1) is 22.0. The van der Waals surface area contributed by atoms with E-state index in [0.29, 0.717) is 6.04 Å². The molecule has 0 saturated carbocycles. The van der Waals surface area contributed by atoms with Crippen LogP contribution < -0.4 is 5.32 Å². The van der Waals surface area contributed by atoms with E-state index in [1.54, 1.807) is 0 Å². The lowest BCUT2D eigenvalue weighted by molar-refractivity contribution is 0.0370. The number of nitrogens with one attached hydrogen (secondary N) is 1. The van der Waals surface area contributed by atoms with Crippen molar-refractivity contribution in [1.82, 2.24) is 9.88 Å². The van der Waals surface area contributed by atoms with Gasteiger partial charge in [-0.25, -0.2) is 4.57 Å². The Kier molecular flexibility index (Phi) is 8.44. The molecule has 2 aromatic rings. The molecule has 8 nitrogen and oxygen atoms in total. The number of benzene rings is 1. The van der Waals surface area contributed by atoms with Crippen molar-refractivity contribution in [2.45, 2.75) is 19.4 Å². The van der Waals surface area contributed by atoms with Crippen LogP contribution in [-0.2, 0) is 9.30 Å². The molecule has 2 heterocycles. The predicted molar refractivity (Wildman–Crippen MR) is 106 cm³/mol. The van der Waals surface area contributed by atoms with Gasteiger partial charge in [-0.15, -0.1) is 0 Å². The third-order valence-corrected chi connectivity index (χ3v) is 4.32. The standard InChI is InChI=1S/C17H22ClN3O.H3O4P/c1-13(5-7-21-8-10-22-11-9-21)20-16-4-6-19-17-12-14(18)2-3-15(16)17;1-5(2,3)4/h2-4,6,12-13H,5,7-11H2,1H3,(H,19,20);(H3,1,2,3,4). The van der Waals surface area contributed by atoms with Gasteiger partial charge in [0.05, 0.1) is 18.7 Å². The number of phosphoric acid groups is 1. The van der Waals surface area contributed by atoms with Gasteiger partial charge in [-0.05, 0) is 37.6 Å². The van der Waals surface area contributed by atoms with Gasteiger partial charge in [0, 0.05) is 48.0 Å². The Morgan fingerprint density at radius 2 is 1.96 bits per heavy atom. The molecule has 4 N–H and O–H groups in total. The molecule has 10 heteroatoms. The van der Waals surface area contributed by atoms with Crippen molar-refractivity contribution in [2.24, 2.45) is 0 Å². The van der Waals surface area contributed by atoms with Crippen molar-refractivity contribution >= 4 is 36.0 Å². The number of aromatic nitrogens is 1. The molecule has 1 saturated heterocycles. The van der Waals surface area contributed by atoms with Gasteiger partial charge < -0.3 is 24.7 Å². The van der Waals surface area contributed by atoms with Crippen molar-refractivity contribution in [3.63, 3.8) is 0 Å². The lowest BCUT2D eigenvalue weighted by Gasteiger charge is -2.28. The number of anilines is 1. The Labute approximate surface area is 163 Å². The minimum Gasteiger partial charge on any atom is -0.382 e. The number of rotatable bonds is 5. The fraction of sp³-hybridized carbons (Fsp3) is 0.471. The molecule has 1 unspecified atom stereocenters. The molecular formula is C17H25ClN3O5P. The van der Waals surface area contributed by atoms with Gasteiger partial charge in [-0.3, -0.25) is 9.88 Å². The monoisotopic (exact) mass is 417 g/mol. The summed E-state index contributed by atoms with van der Waals surface area (Å²) in [6.07, 6.45) is 2.94. The molecule has 0 radical (unpaired) electrons. The van der Waals surface area contributed by atoms with Crippen LogP contribution in [0.3, 0.4) is 0 Å². The fourth-order valence-electron chi connectivity index (χ4n) is 2.79. The number of fused-ring (bicyclic) bond motifs is 1. The smallest absolute Gasteiger partial charge is 0.382 e. The Hall–Kier alpha value is -1.25. The molecule has 0 bridgehead atoms. The highest BCUT2D eigenvalue weighted by Gasteiger charge is 2.12. The third-order valence-electron chi connectivity index (χ3n) is 4.09. The predicted octanol–water partition coefficient (Wildman–Crippen LogP) is 2.48. The highest BCUT2D eigenvalue weighted by molar-refractivity contribution is 7.45. The maximum atomic E-state index is 8.88. The van der Waals surface area contributed by atoms with Crippen molar-refractivity contribution in [3.05, 3.63) is 35.5 Å². The zero-order chi connectivity index (χ0) is 19.9. The van der Waals surface area contributed by atoms with Gasteiger partial charge in [-0.1, -0.05) is 11.6 Å². The van der Waals surface area contributed by atoms with Crippen LogP contribution in [0.15, 0.2) is 30.5 Å². The maximum absolute atomic E-state index is 8.88. The topological polar surface area (TPSA) is 115 Å². The second kappa shape index (κ2) is 10.3. The second-order valence-corrected chi connectivity index (χ2v) is 7.78. The SMILES string of the molecule is CC(CCN1CCOCC1)Nc1ccnc2cc(Cl)ccc12.O=P(O)(O)O. The summed E-state index contributed by atoms with van der Waals surface area (Å²) in [5.41, 5.74) is 2.05. The largest absolute Gasteiger partial charge is 0.466 e. The van der Waals surface area contributed by atoms with E-state index >= 15 is 0 Å². The first-order chi connectivity index (χ1) is 12.7. The molecule has 0 amide bonds. The van der Waals surface area contributed by atoms with Gasteiger partial charge in [0.25, 0.3) is 0 Å². The Morgan fingerprint density at radius 1 is 1.30 bits per heavy atom. The number of halogens is 1. The molecular weight excluding hydrogens is 393 g/mol. The van der Waals surface area contributed by atoms with Crippen LogP contribution in [0.25, 0.3) is 10.9 Å². The molecule has 27 heavy (non-hydrogen) atoms. The van der Waals surface area contributed by atoms with E-state index in [2.05, 4.69) is 22.1 Å². The first-order valence-corrected chi connectivity index (χ1v) is 10.6. The maximum Gasteiger partial charge on any atom is 0.466 e. The van der Waals surface area contributed by atoms with E-state index in [-0.39, 0.29) is 0 Å². The molecule has 1 aromatic heterocycles. The number of hydrogen-bond acceptors (Lipinski definition) is 5. The normalized spacial score (nSPS) is 16.5. The van der Waals surface area contributed by atoms with Crippen LogP contribution in [0.1, 0.15) is 13.3 Å². The molecule has 1 aromatic carbocycles. The third kappa shape index (κ3) is 8.53. The van der Waals surface area contributed by atoms with Crippen LogP contribution in [0.4, 0.5) is 5.69 Å². The van der Waals surface area contributed by atoms with E-state index in [1.165, 1.54) is 0 Å². The van der Waals surface area contributed by atoms with E-state index < -0.39 is 7.82 Å². The minimum absolute atomic E-state index is 0.407. The van der Waals surface area contributed by atoms with E-state index in [1.807, 2.05) is 30.5 Å². The summed E-state index contributed by atoms with van der Waals surface area (Å²) in [5, 5.41) is 5.44. The lowest BCUT2D eigenvalue weighted by Crippen LogP contribution is -2.38. The van der Waals surface area contributed by atoms with Gasteiger partial charge in [0.15, 0.2) is 0 Å². The van der Waals surface area contributed by atoms with Crippen LogP contribution in [0.5, 0.6) is 0 Å². The van der Waals surface area contributed by atoms with Gasteiger partial charge in [0.1, 0.15) is 0 Å². The molecule has 3 rings (SSSR count). The lowest BCUT2D eigenvalue weighted by atomic mass is 10.1. The second-order valence-electron chi connectivity index (χ2n) is 6.32. The summed E-state index contributed by atoms with van der Waals surface area (Å²) < 4.78 is 14.3. The van der Waals surface area contributed by atoms with E-state index in [0.717, 1.165) is 60.9 Å². The number of hydrogen-bond donors (Lipinski definition) is 4. The van der Waals surface area contributed by atoms with Gasteiger partial charge in [-0.2, -0.15) is 0 Å². The number of nitrogens with zero attached hydrogens (tertiary/aromatic N) is 2. The zero-order valence-corrected chi connectivity index (χ0v) is 16.7. The van der Waals surface area contributed by atoms with Crippen molar-refractivity contribution in [2.75, 3.05) is 38.2 Å². The average molecular weight is 418 g/mol. The van der Waals surface area contributed by atoms with Crippen LogP contribution in [-0.4, -0.2) is 63.5 Å². The van der Waals surface area contributed by atoms with Gasteiger partial charge >= 0.3 is 7.82 Å². The molecule has 0 spiro atoms. The van der Waals surface area contributed by atoms with E-state index in [4.69, 9.17) is 35.6 Å². The summed E-state index contributed by atoms with van der Waals surface area (Å²) in [6, 6.07) is 8.28. The summed E-state index contributed by atoms with van der Waals surface area (Å²) in [6.45, 7) is 7.14.